The summed E-state index contributed by atoms with van der Waals surface area (Å²) in [5.41, 5.74) is 6.66. The van der Waals surface area contributed by atoms with Gasteiger partial charge >= 0.3 is 0 Å². The Labute approximate surface area is 96.3 Å². The van der Waals surface area contributed by atoms with Crippen molar-refractivity contribution in [1.82, 2.24) is 9.88 Å². The molecule has 0 radical (unpaired) electrons. The number of hydrogen-bond donors (Lipinski definition) is 1. The number of nitrogens with zero attached hydrogens (tertiary/aromatic N) is 2. The highest BCUT2D eigenvalue weighted by Crippen LogP contribution is 2.19. The van der Waals surface area contributed by atoms with Gasteiger partial charge in [-0.2, -0.15) is 0 Å². The Morgan fingerprint density at radius 3 is 2.80 bits per heavy atom. The van der Waals surface area contributed by atoms with E-state index in [1.807, 2.05) is 0 Å². The molecule has 0 unspecified atom stereocenters. The molecule has 1 aromatic heterocycles. The molecule has 0 aromatic carbocycles. The van der Waals surface area contributed by atoms with E-state index in [1.54, 1.807) is 11.3 Å². The minimum atomic E-state index is 0.540. The lowest BCUT2D eigenvalue weighted by Crippen LogP contribution is -2.21. The highest BCUT2D eigenvalue weighted by atomic mass is 32.1. The Morgan fingerprint density at radius 1 is 1.53 bits per heavy atom. The standard InChI is InChI=1S/C11H21N3S/c1-9(2)11-13-10(8-15-11)7-14(3)6-4-5-12/h8-9H,4-7,12H2,1-3H3. The third kappa shape index (κ3) is 4.28. The SMILES string of the molecule is CC(C)c1nc(CN(C)CCCN)cs1. The molecule has 15 heavy (non-hydrogen) atoms. The maximum Gasteiger partial charge on any atom is 0.0954 e. The van der Waals surface area contributed by atoms with E-state index in [0.29, 0.717) is 5.92 Å². The van der Waals surface area contributed by atoms with E-state index in [4.69, 9.17) is 5.73 Å². The molecule has 0 saturated carbocycles. The van der Waals surface area contributed by atoms with Crippen molar-refractivity contribution < 1.29 is 0 Å². The van der Waals surface area contributed by atoms with E-state index in [1.165, 1.54) is 10.7 Å². The Hall–Kier alpha value is -0.450. The summed E-state index contributed by atoms with van der Waals surface area (Å²) in [5.74, 6) is 0.540. The molecule has 0 aliphatic rings. The van der Waals surface area contributed by atoms with Crippen LogP contribution >= 0.6 is 11.3 Å². The Balaban J connectivity index is 2.42. The molecular formula is C11H21N3S. The van der Waals surface area contributed by atoms with Crippen molar-refractivity contribution in [2.45, 2.75) is 32.7 Å². The third-order valence-electron chi connectivity index (χ3n) is 2.24. The van der Waals surface area contributed by atoms with E-state index in [9.17, 15) is 0 Å². The van der Waals surface area contributed by atoms with Crippen molar-refractivity contribution >= 4 is 11.3 Å². The zero-order chi connectivity index (χ0) is 11.3. The van der Waals surface area contributed by atoms with Crippen LogP contribution in [-0.2, 0) is 6.54 Å². The first kappa shape index (κ1) is 12.6. The summed E-state index contributed by atoms with van der Waals surface area (Å²) >= 11 is 1.76. The number of hydrogen-bond acceptors (Lipinski definition) is 4. The lowest BCUT2D eigenvalue weighted by molar-refractivity contribution is 0.320. The second-order valence-electron chi connectivity index (χ2n) is 4.21. The molecule has 0 spiro atoms. The second-order valence-corrected chi connectivity index (χ2v) is 5.10. The van der Waals surface area contributed by atoms with Crippen LogP contribution in [0.25, 0.3) is 0 Å². The third-order valence-corrected chi connectivity index (χ3v) is 3.43. The molecule has 1 heterocycles. The van der Waals surface area contributed by atoms with Gasteiger partial charge in [0.1, 0.15) is 0 Å². The fraction of sp³-hybridized carbons (Fsp3) is 0.727. The maximum absolute atomic E-state index is 5.47. The molecule has 0 aliphatic heterocycles. The summed E-state index contributed by atoms with van der Waals surface area (Å²) in [5, 5.41) is 3.39. The number of thiazole rings is 1. The number of nitrogens with two attached hydrogens (primary N) is 1. The van der Waals surface area contributed by atoms with Gasteiger partial charge in [0.05, 0.1) is 10.7 Å². The first-order valence-electron chi connectivity index (χ1n) is 5.46. The topological polar surface area (TPSA) is 42.2 Å². The van der Waals surface area contributed by atoms with Gasteiger partial charge < -0.3 is 10.6 Å². The normalized spacial score (nSPS) is 11.6. The molecule has 0 fully saturated rings. The van der Waals surface area contributed by atoms with Crippen molar-refractivity contribution in [1.29, 1.82) is 0 Å². The van der Waals surface area contributed by atoms with Gasteiger partial charge in [-0.05, 0) is 26.6 Å². The van der Waals surface area contributed by atoms with E-state index in [0.717, 1.165) is 26.1 Å². The van der Waals surface area contributed by atoms with Gasteiger partial charge in [0.15, 0.2) is 0 Å². The lowest BCUT2D eigenvalue weighted by Gasteiger charge is -2.14. The molecule has 86 valence electrons. The molecule has 2 N–H and O–H groups in total. The van der Waals surface area contributed by atoms with E-state index >= 15 is 0 Å². The quantitative estimate of drug-likeness (QED) is 0.808. The Morgan fingerprint density at radius 2 is 2.27 bits per heavy atom. The smallest absolute Gasteiger partial charge is 0.0954 e. The minimum absolute atomic E-state index is 0.540. The van der Waals surface area contributed by atoms with Gasteiger partial charge in [0.2, 0.25) is 0 Å². The highest BCUT2D eigenvalue weighted by molar-refractivity contribution is 7.09. The van der Waals surface area contributed by atoms with Crippen LogP contribution in [0.1, 0.15) is 36.9 Å². The summed E-state index contributed by atoms with van der Waals surface area (Å²) < 4.78 is 0. The van der Waals surface area contributed by atoms with Gasteiger partial charge in [-0.25, -0.2) is 4.98 Å². The summed E-state index contributed by atoms with van der Waals surface area (Å²) in [7, 11) is 2.12. The molecule has 1 rings (SSSR count). The Bertz CT molecular complexity index is 283. The number of aromatic nitrogens is 1. The fourth-order valence-corrected chi connectivity index (χ4v) is 2.20. The Kier molecular flexibility index (Phi) is 5.22. The first-order chi connectivity index (χ1) is 7.13. The van der Waals surface area contributed by atoms with Crippen LogP contribution in [-0.4, -0.2) is 30.0 Å². The zero-order valence-corrected chi connectivity index (χ0v) is 10.7. The van der Waals surface area contributed by atoms with Crippen molar-refractivity contribution in [3.05, 3.63) is 16.1 Å². The lowest BCUT2D eigenvalue weighted by atomic mass is 10.2. The molecule has 0 atom stereocenters. The summed E-state index contributed by atoms with van der Waals surface area (Å²) in [6.07, 6.45) is 1.05. The van der Waals surface area contributed by atoms with E-state index in [-0.39, 0.29) is 0 Å². The second kappa shape index (κ2) is 6.20. The molecule has 0 aliphatic carbocycles. The predicted octanol–water partition coefficient (Wildman–Crippen LogP) is 2.05. The van der Waals surface area contributed by atoms with Gasteiger partial charge in [-0.15, -0.1) is 11.3 Å². The highest BCUT2D eigenvalue weighted by Gasteiger charge is 2.07. The molecule has 0 saturated heterocycles. The average Bonchev–Trinajstić information content (AvgIpc) is 2.63. The van der Waals surface area contributed by atoms with E-state index < -0.39 is 0 Å². The van der Waals surface area contributed by atoms with Crippen LogP contribution in [0, 0.1) is 0 Å². The van der Waals surface area contributed by atoms with Gasteiger partial charge in [-0.3, -0.25) is 0 Å². The van der Waals surface area contributed by atoms with Crippen LogP contribution < -0.4 is 5.73 Å². The van der Waals surface area contributed by atoms with Gasteiger partial charge in [0.25, 0.3) is 0 Å². The monoisotopic (exact) mass is 227 g/mol. The minimum Gasteiger partial charge on any atom is -0.330 e. The largest absolute Gasteiger partial charge is 0.330 e. The van der Waals surface area contributed by atoms with Crippen LogP contribution in [0.2, 0.25) is 0 Å². The van der Waals surface area contributed by atoms with Crippen molar-refractivity contribution in [3.8, 4) is 0 Å². The molecule has 0 bridgehead atoms. The van der Waals surface area contributed by atoms with Crippen molar-refractivity contribution in [2.75, 3.05) is 20.1 Å². The summed E-state index contributed by atoms with van der Waals surface area (Å²) in [4.78, 5) is 6.87. The molecule has 4 heteroatoms. The zero-order valence-electron chi connectivity index (χ0n) is 9.86. The maximum atomic E-state index is 5.47. The fourth-order valence-electron chi connectivity index (χ4n) is 1.38. The van der Waals surface area contributed by atoms with Crippen LogP contribution in [0.5, 0.6) is 0 Å². The molecular weight excluding hydrogens is 206 g/mol. The summed E-state index contributed by atoms with van der Waals surface area (Å²) in [6, 6.07) is 0. The van der Waals surface area contributed by atoms with E-state index in [2.05, 4.69) is 36.2 Å². The molecule has 3 nitrogen and oxygen atoms in total. The van der Waals surface area contributed by atoms with Crippen LogP contribution in [0.4, 0.5) is 0 Å². The van der Waals surface area contributed by atoms with Gasteiger partial charge in [-0.1, -0.05) is 13.8 Å². The average molecular weight is 227 g/mol. The van der Waals surface area contributed by atoms with Gasteiger partial charge in [0, 0.05) is 17.8 Å². The predicted molar refractivity (Wildman–Crippen MR) is 66.2 cm³/mol. The molecule has 1 aromatic rings. The molecule has 0 amide bonds. The number of rotatable bonds is 6. The van der Waals surface area contributed by atoms with Crippen LogP contribution in [0.15, 0.2) is 5.38 Å². The van der Waals surface area contributed by atoms with Crippen molar-refractivity contribution in [3.63, 3.8) is 0 Å². The van der Waals surface area contributed by atoms with Crippen molar-refractivity contribution in [2.24, 2.45) is 5.73 Å². The first-order valence-corrected chi connectivity index (χ1v) is 6.34. The summed E-state index contributed by atoms with van der Waals surface area (Å²) in [6.45, 7) is 7.11. The van der Waals surface area contributed by atoms with Crippen LogP contribution in [0.3, 0.4) is 0 Å².